The van der Waals surface area contributed by atoms with Crippen molar-refractivity contribution in [3.8, 4) is 5.88 Å². The van der Waals surface area contributed by atoms with Crippen molar-refractivity contribution in [2.24, 2.45) is 30.7 Å². The number of amides is 1. The molecular weight excluding hydrogens is 394 g/mol. The third-order valence-corrected chi connectivity index (χ3v) is 7.40. The van der Waals surface area contributed by atoms with E-state index in [1.807, 2.05) is 12.1 Å². The van der Waals surface area contributed by atoms with E-state index < -0.39 is 0 Å². The van der Waals surface area contributed by atoms with Gasteiger partial charge in [0.25, 0.3) is 5.91 Å². The standard InChI is InChI=1S/C24H29N3O4/c1-27-23(31-13-14-3-5-17(6-4-14)24(29)30-2)20(12-25-27)22(28)26-21-18-8-15-7-16(10-18)11-19(21)9-15/h3-6,12,15-16,18-19,21H,7-11,13H2,1-2H3,(H,26,28). The predicted octanol–water partition coefficient (Wildman–Crippen LogP) is 3.34. The number of aryl methyl sites for hydroxylation is 1. The smallest absolute Gasteiger partial charge is 0.337 e. The van der Waals surface area contributed by atoms with E-state index in [0.717, 1.165) is 17.4 Å². The lowest BCUT2D eigenvalue weighted by Crippen LogP contribution is -2.55. The first-order valence-corrected chi connectivity index (χ1v) is 11.1. The van der Waals surface area contributed by atoms with E-state index >= 15 is 0 Å². The number of carbonyl (C=O) groups excluding carboxylic acids is 2. The molecule has 1 N–H and O–H groups in total. The molecule has 4 aliphatic carbocycles. The Hall–Kier alpha value is -2.83. The molecule has 6 rings (SSSR count). The number of benzene rings is 1. The van der Waals surface area contributed by atoms with Crippen LogP contribution in [0.4, 0.5) is 0 Å². The van der Waals surface area contributed by atoms with Gasteiger partial charge in [0.15, 0.2) is 0 Å². The van der Waals surface area contributed by atoms with Crippen molar-refractivity contribution in [1.82, 2.24) is 15.1 Å². The quantitative estimate of drug-likeness (QED) is 0.721. The number of rotatable bonds is 6. The van der Waals surface area contributed by atoms with E-state index in [1.54, 1.807) is 30.1 Å². The van der Waals surface area contributed by atoms with Crippen LogP contribution in [0.5, 0.6) is 5.88 Å². The highest BCUT2D eigenvalue weighted by atomic mass is 16.5. The molecule has 0 aliphatic heterocycles. The zero-order chi connectivity index (χ0) is 21.5. The number of hydrogen-bond donors (Lipinski definition) is 1. The van der Waals surface area contributed by atoms with Crippen molar-refractivity contribution < 1.29 is 19.1 Å². The van der Waals surface area contributed by atoms with Gasteiger partial charge in [-0.05, 0) is 73.5 Å². The molecule has 31 heavy (non-hydrogen) atoms. The number of hydrogen-bond acceptors (Lipinski definition) is 5. The van der Waals surface area contributed by atoms with E-state index in [9.17, 15) is 9.59 Å². The zero-order valence-corrected chi connectivity index (χ0v) is 18.0. The summed E-state index contributed by atoms with van der Waals surface area (Å²) in [6.07, 6.45) is 8.02. The topological polar surface area (TPSA) is 82.4 Å². The minimum Gasteiger partial charge on any atom is -0.472 e. The van der Waals surface area contributed by atoms with Gasteiger partial charge >= 0.3 is 5.97 Å². The highest BCUT2D eigenvalue weighted by Crippen LogP contribution is 2.53. The van der Waals surface area contributed by atoms with Gasteiger partial charge < -0.3 is 14.8 Å². The number of carbonyl (C=O) groups is 2. The Kier molecular flexibility index (Phi) is 5.20. The molecule has 164 valence electrons. The SMILES string of the molecule is COC(=O)c1ccc(COc2c(C(=O)NC3C4CC5CC(C4)CC3C5)cnn2C)cc1. The first kappa shape index (κ1) is 20.1. The molecule has 0 atom stereocenters. The summed E-state index contributed by atoms with van der Waals surface area (Å²) in [5, 5.41) is 7.59. The number of nitrogens with one attached hydrogen (secondary N) is 1. The molecule has 1 amide bonds. The van der Waals surface area contributed by atoms with Gasteiger partial charge in [-0.15, -0.1) is 0 Å². The van der Waals surface area contributed by atoms with E-state index in [4.69, 9.17) is 9.47 Å². The summed E-state index contributed by atoms with van der Waals surface area (Å²) in [6, 6.07) is 7.31. The number of methoxy groups -OCH3 is 1. The lowest BCUT2D eigenvalue weighted by atomic mass is 9.54. The van der Waals surface area contributed by atoms with Crippen LogP contribution in [-0.2, 0) is 18.4 Å². The fourth-order valence-electron chi connectivity index (χ4n) is 6.15. The molecule has 4 saturated carbocycles. The number of ether oxygens (including phenoxy) is 2. The molecule has 2 aromatic rings. The summed E-state index contributed by atoms with van der Waals surface area (Å²) in [7, 11) is 3.13. The Morgan fingerprint density at radius 1 is 1.06 bits per heavy atom. The maximum atomic E-state index is 13.1. The Morgan fingerprint density at radius 2 is 1.71 bits per heavy atom. The second kappa shape index (κ2) is 8.02. The van der Waals surface area contributed by atoms with Crippen molar-refractivity contribution in [3.63, 3.8) is 0 Å². The Balaban J connectivity index is 1.25. The van der Waals surface area contributed by atoms with Gasteiger partial charge in [0.2, 0.25) is 5.88 Å². The fourth-order valence-corrected chi connectivity index (χ4v) is 6.15. The van der Waals surface area contributed by atoms with Gasteiger partial charge in [-0.3, -0.25) is 4.79 Å². The van der Waals surface area contributed by atoms with E-state index in [0.29, 0.717) is 28.8 Å². The molecule has 7 nitrogen and oxygen atoms in total. The first-order chi connectivity index (χ1) is 15.0. The third-order valence-electron chi connectivity index (χ3n) is 7.40. The molecule has 0 unspecified atom stereocenters. The van der Waals surface area contributed by atoms with Gasteiger partial charge in [-0.2, -0.15) is 5.10 Å². The van der Waals surface area contributed by atoms with Gasteiger partial charge in [-0.1, -0.05) is 12.1 Å². The predicted molar refractivity (Wildman–Crippen MR) is 114 cm³/mol. The van der Waals surface area contributed by atoms with Crippen LogP contribution in [0, 0.1) is 23.7 Å². The van der Waals surface area contributed by atoms with Crippen LogP contribution in [0.25, 0.3) is 0 Å². The van der Waals surface area contributed by atoms with Gasteiger partial charge in [0, 0.05) is 13.1 Å². The summed E-state index contributed by atoms with van der Waals surface area (Å²) in [5.74, 6) is 2.98. The minimum absolute atomic E-state index is 0.0957. The molecule has 4 bridgehead atoms. The summed E-state index contributed by atoms with van der Waals surface area (Å²) >= 11 is 0. The molecule has 7 heteroatoms. The lowest BCUT2D eigenvalue weighted by molar-refractivity contribution is -0.0120. The van der Waals surface area contributed by atoms with Crippen LogP contribution in [0.3, 0.4) is 0 Å². The van der Waals surface area contributed by atoms with Crippen LogP contribution in [0.15, 0.2) is 30.5 Å². The van der Waals surface area contributed by atoms with E-state index in [-0.39, 0.29) is 24.5 Å². The fraction of sp³-hybridized carbons (Fsp3) is 0.542. The van der Waals surface area contributed by atoms with Crippen LogP contribution < -0.4 is 10.1 Å². The monoisotopic (exact) mass is 423 g/mol. The van der Waals surface area contributed by atoms with Crippen molar-refractivity contribution in [3.05, 3.63) is 47.2 Å². The van der Waals surface area contributed by atoms with Crippen LogP contribution in [0.1, 0.15) is 58.4 Å². The Bertz CT molecular complexity index is 953. The van der Waals surface area contributed by atoms with Crippen molar-refractivity contribution >= 4 is 11.9 Å². The van der Waals surface area contributed by atoms with Crippen LogP contribution >= 0.6 is 0 Å². The molecular formula is C24H29N3O4. The van der Waals surface area contributed by atoms with Gasteiger partial charge in [0.1, 0.15) is 12.2 Å². The second-order valence-corrected chi connectivity index (χ2v) is 9.39. The van der Waals surface area contributed by atoms with E-state index in [2.05, 4.69) is 10.4 Å². The van der Waals surface area contributed by atoms with Crippen molar-refractivity contribution in [1.29, 1.82) is 0 Å². The molecule has 0 saturated heterocycles. The number of nitrogens with zero attached hydrogens (tertiary/aromatic N) is 2. The second-order valence-electron chi connectivity index (χ2n) is 9.39. The molecule has 0 spiro atoms. The summed E-state index contributed by atoms with van der Waals surface area (Å²) in [4.78, 5) is 24.7. The molecule has 0 radical (unpaired) electrons. The summed E-state index contributed by atoms with van der Waals surface area (Å²) in [6.45, 7) is 0.277. The maximum Gasteiger partial charge on any atom is 0.337 e. The zero-order valence-electron chi connectivity index (χ0n) is 18.0. The lowest BCUT2D eigenvalue weighted by Gasteiger charge is -2.54. The van der Waals surface area contributed by atoms with E-state index in [1.165, 1.54) is 39.2 Å². The van der Waals surface area contributed by atoms with Gasteiger partial charge in [0.05, 0.1) is 18.9 Å². The molecule has 1 heterocycles. The summed E-state index contributed by atoms with van der Waals surface area (Å²) < 4.78 is 12.3. The van der Waals surface area contributed by atoms with Crippen molar-refractivity contribution in [2.45, 2.75) is 44.8 Å². The highest BCUT2D eigenvalue weighted by molar-refractivity contribution is 5.96. The molecule has 1 aromatic heterocycles. The largest absolute Gasteiger partial charge is 0.472 e. The van der Waals surface area contributed by atoms with Gasteiger partial charge in [-0.25, -0.2) is 9.48 Å². The average Bonchev–Trinajstić information content (AvgIpc) is 3.14. The molecule has 1 aromatic carbocycles. The third kappa shape index (κ3) is 3.82. The maximum absolute atomic E-state index is 13.1. The normalized spacial score (nSPS) is 28.4. The Morgan fingerprint density at radius 3 is 2.32 bits per heavy atom. The minimum atomic E-state index is -0.372. The van der Waals surface area contributed by atoms with Crippen LogP contribution in [0.2, 0.25) is 0 Å². The van der Waals surface area contributed by atoms with Crippen LogP contribution in [-0.4, -0.2) is 34.8 Å². The highest BCUT2D eigenvalue weighted by Gasteiger charge is 2.48. The number of esters is 1. The average molecular weight is 424 g/mol. The summed E-state index contributed by atoms with van der Waals surface area (Å²) in [5.41, 5.74) is 1.85. The number of aromatic nitrogens is 2. The molecule has 4 fully saturated rings. The van der Waals surface area contributed by atoms with Crippen molar-refractivity contribution in [2.75, 3.05) is 7.11 Å². The first-order valence-electron chi connectivity index (χ1n) is 11.1. The molecule has 4 aliphatic rings. The Labute approximate surface area is 182 Å².